The van der Waals surface area contributed by atoms with E-state index in [2.05, 4.69) is 28.4 Å². The van der Waals surface area contributed by atoms with Crippen LogP contribution in [0.2, 0.25) is 0 Å². The molecule has 0 amide bonds. The Balaban J connectivity index is 1.95. The van der Waals surface area contributed by atoms with Crippen molar-refractivity contribution in [1.82, 2.24) is 10.2 Å². The van der Waals surface area contributed by atoms with E-state index in [-0.39, 0.29) is 5.54 Å². The first-order valence-electron chi connectivity index (χ1n) is 7.53. The summed E-state index contributed by atoms with van der Waals surface area (Å²) < 4.78 is 11.0. The third-order valence-corrected chi connectivity index (χ3v) is 4.65. The lowest BCUT2D eigenvalue weighted by molar-refractivity contribution is -0.0376. The van der Waals surface area contributed by atoms with Crippen LogP contribution in [0, 0.1) is 0 Å². The zero-order valence-electron chi connectivity index (χ0n) is 12.2. The Kier molecular flexibility index (Phi) is 4.24. The Bertz CT molecular complexity index is 438. The van der Waals surface area contributed by atoms with Gasteiger partial charge in [0.25, 0.3) is 0 Å². The van der Waals surface area contributed by atoms with Crippen molar-refractivity contribution in [1.29, 1.82) is 0 Å². The summed E-state index contributed by atoms with van der Waals surface area (Å²) in [6.07, 6.45) is 2.31. The molecule has 0 aliphatic carbocycles. The van der Waals surface area contributed by atoms with E-state index in [1.165, 1.54) is 5.56 Å². The van der Waals surface area contributed by atoms with Crippen molar-refractivity contribution in [2.24, 2.45) is 0 Å². The second-order valence-corrected chi connectivity index (χ2v) is 5.61. The molecule has 4 heteroatoms. The van der Waals surface area contributed by atoms with Gasteiger partial charge in [0.15, 0.2) is 0 Å². The average Bonchev–Trinajstić information content (AvgIpc) is 2.56. The molecule has 2 aliphatic heterocycles. The Morgan fingerprint density at radius 3 is 2.65 bits per heavy atom. The summed E-state index contributed by atoms with van der Waals surface area (Å²) in [4.78, 5) is 2.62. The normalized spacial score (nSPS) is 23.4. The van der Waals surface area contributed by atoms with Crippen molar-refractivity contribution in [3.63, 3.8) is 0 Å². The van der Waals surface area contributed by atoms with Crippen LogP contribution in [0.15, 0.2) is 24.3 Å². The number of methoxy groups -OCH3 is 1. The van der Waals surface area contributed by atoms with Gasteiger partial charge in [-0.2, -0.15) is 0 Å². The third-order valence-electron chi connectivity index (χ3n) is 4.65. The molecule has 0 radical (unpaired) electrons. The minimum absolute atomic E-state index is 0.142. The molecule has 1 aromatic rings. The van der Waals surface area contributed by atoms with E-state index in [0.717, 1.165) is 58.0 Å². The highest BCUT2D eigenvalue weighted by atomic mass is 16.5. The highest BCUT2D eigenvalue weighted by molar-refractivity contribution is 5.34. The van der Waals surface area contributed by atoms with E-state index >= 15 is 0 Å². The molecule has 2 heterocycles. The van der Waals surface area contributed by atoms with Gasteiger partial charge in [0, 0.05) is 18.6 Å². The molecule has 110 valence electrons. The maximum Gasteiger partial charge on any atom is 0.119 e. The standard InChI is InChI=1S/C16H24N2O2/c1-19-15-4-2-3-14(13-15)16(5-7-17-8-6-16)18-9-11-20-12-10-18/h2-4,13,17H,5-12H2,1H3. The van der Waals surface area contributed by atoms with Gasteiger partial charge in [-0.15, -0.1) is 0 Å². The number of nitrogens with one attached hydrogen (secondary N) is 1. The van der Waals surface area contributed by atoms with Gasteiger partial charge in [0.2, 0.25) is 0 Å². The van der Waals surface area contributed by atoms with E-state index in [4.69, 9.17) is 9.47 Å². The Labute approximate surface area is 121 Å². The molecule has 0 unspecified atom stereocenters. The quantitative estimate of drug-likeness (QED) is 0.909. The third kappa shape index (κ3) is 2.55. The number of nitrogens with zero attached hydrogens (tertiary/aromatic N) is 1. The lowest BCUT2D eigenvalue weighted by Crippen LogP contribution is -2.55. The van der Waals surface area contributed by atoms with Crippen molar-refractivity contribution >= 4 is 0 Å². The van der Waals surface area contributed by atoms with Gasteiger partial charge in [0.1, 0.15) is 5.75 Å². The summed E-state index contributed by atoms with van der Waals surface area (Å²) in [6, 6.07) is 8.60. The van der Waals surface area contributed by atoms with Crippen LogP contribution in [0.5, 0.6) is 5.75 Å². The van der Waals surface area contributed by atoms with Gasteiger partial charge in [0.05, 0.1) is 20.3 Å². The van der Waals surface area contributed by atoms with Crippen molar-refractivity contribution < 1.29 is 9.47 Å². The zero-order valence-corrected chi connectivity index (χ0v) is 12.2. The first-order chi connectivity index (χ1) is 9.85. The van der Waals surface area contributed by atoms with Crippen molar-refractivity contribution in [2.45, 2.75) is 18.4 Å². The van der Waals surface area contributed by atoms with Gasteiger partial charge < -0.3 is 14.8 Å². The molecular formula is C16H24N2O2. The number of ether oxygens (including phenoxy) is 2. The van der Waals surface area contributed by atoms with Crippen LogP contribution in [0.4, 0.5) is 0 Å². The molecule has 1 N–H and O–H groups in total. The Morgan fingerprint density at radius 1 is 1.20 bits per heavy atom. The largest absolute Gasteiger partial charge is 0.497 e. The number of hydrogen-bond donors (Lipinski definition) is 1. The van der Waals surface area contributed by atoms with E-state index < -0.39 is 0 Å². The second kappa shape index (κ2) is 6.12. The minimum Gasteiger partial charge on any atom is -0.497 e. The predicted molar refractivity (Wildman–Crippen MR) is 79.2 cm³/mol. The molecule has 2 aliphatic rings. The van der Waals surface area contributed by atoms with Crippen LogP contribution < -0.4 is 10.1 Å². The molecule has 0 bridgehead atoms. The van der Waals surface area contributed by atoms with Crippen molar-refractivity contribution in [3.05, 3.63) is 29.8 Å². The van der Waals surface area contributed by atoms with E-state index in [0.29, 0.717) is 0 Å². The monoisotopic (exact) mass is 276 g/mol. The summed E-state index contributed by atoms with van der Waals surface area (Å²) in [5, 5.41) is 3.49. The first-order valence-corrected chi connectivity index (χ1v) is 7.53. The smallest absolute Gasteiger partial charge is 0.119 e. The first kappa shape index (κ1) is 13.9. The number of rotatable bonds is 3. The van der Waals surface area contributed by atoms with Crippen LogP contribution in [-0.4, -0.2) is 51.4 Å². The summed E-state index contributed by atoms with van der Waals surface area (Å²) in [6.45, 7) is 5.90. The molecule has 1 aromatic carbocycles. The molecule has 0 aromatic heterocycles. The van der Waals surface area contributed by atoms with Crippen LogP contribution in [0.1, 0.15) is 18.4 Å². The number of piperidine rings is 1. The van der Waals surface area contributed by atoms with Gasteiger partial charge >= 0.3 is 0 Å². The number of morpholine rings is 1. The summed E-state index contributed by atoms with van der Waals surface area (Å²) in [5.41, 5.74) is 1.53. The lowest BCUT2D eigenvalue weighted by Gasteiger charge is -2.48. The molecule has 0 atom stereocenters. The topological polar surface area (TPSA) is 33.7 Å². The van der Waals surface area contributed by atoms with Crippen LogP contribution in [0.25, 0.3) is 0 Å². The zero-order chi connectivity index (χ0) is 13.8. The summed E-state index contributed by atoms with van der Waals surface area (Å²) in [5.74, 6) is 0.952. The summed E-state index contributed by atoms with van der Waals surface area (Å²) in [7, 11) is 1.74. The van der Waals surface area contributed by atoms with E-state index in [9.17, 15) is 0 Å². The van der Waals surface area contributed by atoms with Gasteiger partial charge in [-0.1, -0.05) is 12.1 Å². The molecule has 2 fully saturated rings. The maximum atomic E-state index is 5.53. The van der Waals surface area contributed by atoms with Crippen LogP contribution in [0.3, 0.4) is 0 Å². The summed E-state index contributed by atoms with van der Waals surface area (Å²) >= 11 is 0. The van der Waals surface area contributed by atoms with Gasteiger partial charge in [-0.25, -0.2) is 0 Å². The fourth-order valence-electron chi connectivity index (χ4n) is 3.53. The molecule has 4 nitrogen and oxygen atoms in total. The molecule has 0 spiro atoms. The average molecular weight is 276 g/mol. The van der Waals surface area contributed by atoms with Gasteiger partial charge in [-0.3, -0.25) is 4.90 Å². The molecule has 20 heavy (non-hydrogen) atoms. The highest BCUT2D eigenvalue weighted by Gasteiger charge is 2.40. The number of benzene rings is 1. The fraction of sp³-hybridized carbons (Fsp3) is 0.625. The van der Waals surface area contributed by atoms with Crippen LogP contribution >= 0.6 is 0 Å². The second-order valence-electron chi connectivity index (χ2n) is 5.61. The molecule has 0 saturated carbocycles. The SMILES string of the molecule is COc1cccc(C2(N3CCOCC3)CCNCC2)c1. The Hall–Kier alpha value is -1.10. The van der Waals surface area contributed by atoms with Gasteiger partial charge in [-0.05, 0) is 43.6 Å². The molecule has 3 rings (SSSR count). The minimum atomic E-state index is 0.142. The maximum absolute atomic E-state index is 5.53. The molecule has 2 saturated heterocycles. The molecular weight excluding hydrogens is 252 g/mol. The highest BCUT2D eigenvalue weighted by Crippen LogP contribution is 2.38. The predicted octanol–water partition coefficient (Wildman–Crippen LogP) is 1.61. The van der Waals surface area contributed by atoms with Crippen LogP contribution in [-0.2, 0) is 10.3 Å². The Morgan fingerprint density at radius 2 is 1.95 bits per heavy atom. The van der Waals surface area contributed by atoms with E-state index in [1.54, 1.807) is 7.11 Å². The fourth-order valence-corrected chi connectivity index (χ4v) is 3.53. The van der Waals surface area contributed by atoms with Crippen molar-refractivity contribution in [3.8, 4) is 5.75 Å². The lowest BCUT2D eigenvalue weighted by atomic mass is 9.79. The number of hydrogen-bond acceptors (Lipinski definition) is 4. The van der Waals surface area contributed by atoms with Crippen molar-refractivity contribution in [2.75, 3.05) is 46.5 Å². The van der Waals surface area contributed by atoms with E-state index in [1.807, 2.05) is 6.07 Å².